The van der Waals surface area contributed by atoms with Crippen LogP contribution in [-0.2, 0) is 6.42 Å². The first-order chi connectivity index (χ1) is 14.6. The minimum atomic E-state index is 0.0941. The first-order valence-electron chi connectivity index (χ1n) is 10.3. The Labute approximate surface area is 185 Å². The number of carbonyl (C=O) groups is 1. The highest BCUT2D eigenvalue weighted by atomic mass is 79.9. The maximum absolute atomic E-state index is 12.7. The van der Waals surface area contributed by atoms with E-state index in [2.05, 4.69) is 37.9 Å². The van der Waals surface area contributed by atoms with Crippen LogP contribution in [0.1, 0.15) is 28.2 Å². The molecule has 4 rings (SSSR count). The van der Waals surface area contributed by atoms with E-state index in [4.69, 9.17) is 4.52 Å². The average molecular weight is 469 g/mol. The van der Waals surface area contributed by atoms with Crippen LogP contribution in [0.3, 0.4) is 0 Å². The fourth-order valence-corrected chi connectivity index (χ4v) is 4.06. The Morgan fingerprint density at radius 1 is 1.07 bits per heavy atom. The molecule has 2 aromatic carbocycles. The number of aromatic nitrogens is 2. The summed E-state index contributed by atoms with van der Waals surface area (Å²) in [7, 11) is 0. The van der Waals surface area contributed by atoms with Gasteiger partial charge in [-0.05, 0) is 48.0 Å². The molecular weight excluding hydrogens is 444 g/mol. The number of rotatable bonds is 6. The van der Waals surface area contributed by atoms with E-state index in [9.17, 15) is 4.79 Å². The summed E-state index contributed by atoms with van der Waals surface area (Å²) in [5.41, 5.74) is 2.91. The summed E-state index contributed by atoms with van der Waals surface area (Å²) in [6, 6.07) is 15.7. The van der Waals surface area contributed by atoms with Crippen molar-refractivity contribution >= 4 is 21.8 Å². The maximum atomic E-state index is 12.7. The molecule has 3 aromatic rings. The number of piperazine rings is 1. The van der Waals surface area contributed by atoms with Gasteiger partial charge < -0.3 is 9.42 Å². The van der Waals surface area contributed by atoms with E-state index in [1.165, 1.54) is 5.56 Å². The fourth-order valence-electron chi connectivity index (χ4n) is 3.61. The molecule has 0 radical (unpaired) electrons. The Kier molecular flexibility index (Phi) is 6.59. The Morgan fingerprint density at radius 3 is 2.53 bits per heavy atom. The van der Waals surface area contributed by atoms with Crippen LogP contribution in [-0.4, -0.2) is 58.6 Å². The third-order valence-corrected chi connectivity index (χ3v) is 6.10. The minimum absolute atomic E-state index is 0.0941. The zero-order valence-corrected chi connectivity index (χ0v) is 18.6. The first-order valence-corrected chi connectivity index (χ1v) is 11.1. The van der Waals surface area contributed by atoms with E-state index in [0.29, 0.717) is 11.7 Å². The van der Waals surface area contributed by atoms with Gasteiger partial charge in [0.25, 0.3) is 5.91 Å². The lowest BCUT2D eigenvalue weighted by molar-refractivity contribution is 0.0634. The van der Waals surface area contributed by atoms with Crippen LogP contribution in [0.2, 0.25) is 0 Å². The highest BCUT2D eigenvalue weighted by Gasteiger charge is 2.23. The summed E-state index contributed by atoms with van der Waals surface area (Å²) < 4.78 is 6.26. The second-order valence-electron chi connectivity index (χ2n) is 7.59. The zero-order chi connectivity index (χ0) is 20.9. The van der Waals surface area contributed by atoms with Gasteiger partial charge in [0.15, 0.2) is 0 Å². The van der Waals surface area contributed by atoms with Crippen LogP contribution in [0.5, 0.6) is 0 Å². The van der Waals surface area contributed by atoms with Crippen molar-refractivity contribution in [3.63, 3.8) is 0 Å². The van der Waals surface area contributed by atoms with Crippen molar-refractivity contribution in [1.29, 1.82) is 0 Å². The van der Waals surface area contributed by atoms with E-state index in [1.807, 2.05) is 53.4 Å². The van der Waals surface area contributed by atoms with E-state index < -0.39 is 0 Å². The van der Waals surface area contributed by atoms with Gasteiger partial charge in [0.1, 0.15) is 0 Å². The fraction of sp³-hybridized carbons (Fsp3) is 0.348. The van der Waals surface area contributed by atoms with Gasteiger partial charge in [-0.3, -0.25) is 9.69 Å². The number of hydrogen-bond donors (Lipinski definition) is 0. The van der Waals surface area contributed by atoms with E-state index >= 15 is 0 Å². The molecule has 1 amide bonds. The first kappa shape index (κ1) is 20.8. The van der Waals surface area contributed by atoms with Gasteiger partial charge in [-0.1, -0.05) is 47.1 Å². The lowest BCUT2D eigenvalue weighted by atomic mass is 10.1. The molecule has 0 bridgehead atoms. The normalized spacial score (nSPS) is 14.8. The topological polar surface area (TPSA) is 62.5 Å². The van der Waals surface area contributed by atoms with Crippen molar-refractivity contribution in [2.45, 2.75) is 19.8 Å². The smallest absolute Gasteiger partial charge is 0.255 e. The number of halogens is 1. The van der Waals surface area contributed by atoms with Gasteiger partial charge in [-0.2, -0.15) is 4.98 Å². The molecule has 30 heavy (non-hydrogen) atoms. The minimum Gasteiger partial charge on any atom is -0.339 e. The largest absolute Gasteiger partial charge is 0.339 e. The van der Waals surface area contributed by atoms with Crippen LogP contribution >= 0.6 is 15.9 Å². The number of benzene rings is 2. The predicted octanol–water partition coefficient (Wildman–Crippen LogP) is 4.20. The molecule has 2 heterocycles. The lowest BCUT2D eigenvalue weighted by Crippen LogP contribution is -2.48. The highest BCUT2D eigenvalue weighted by molar-refractivity contribution is 9.10. The SMILES string of the molecule is Cc1ccc(-c2noc(CCCN3CCN(C(=O)c4ccccc4Br)CC3)n2)cc1. The second kappa shape index (κ2) is 9.53. The standard InChI is InChI=1S/C23H25BrN4O2/c1-17-8-10-18(11-9-17)22-25-21(30-26-22)7-4-12-27-13-15-28(16-14-27)23(29)19-5-2-3-6-20(19)24/h2-3,5-6,8-11H,4,7,12-16H2,1H3. The van der Waals surface area contributed by atoms with Gasteiger partial charge in [0.05, 0.1) is 5.56 Å². The highest BCUT2D eigenvalue weighted by Crippen LogP contribution is 2.19. The summed E-state index contributed by atoms with van der Waals surface area (Å²) in [4.78, 5) is 21.6. The van der Waals surface area contributed by atoms with Gasteiger partial charge in [0, 0.05) is 42.6 Å². The van der Waals surface area contributed by atoms with Crippen molar-refractivity contribution in [2.75, 3.05) is 32.7 Å². The van der Waals surface area contributed by atoms with Gasteiger partial charge >= 0.3 is 0 Å². The van der Waals surface area contributed by atoms with E-state index in [-0.39, 0.29) is 5.91 Å². The van der Waals surface area contributed by atoms with Crippen LogP contribution in [0, 0.1) is 6.92 Å². The molecule has 0 N–H and O–H groups in total. The lowest BCUT2D eigenvalue weighted by Gasteiger charge is -2.34. The molecule has 7 heteroatoms. The third-order valence-electron chi connectivity index (χ3n) is 5.41. The van der Waals surface area contributed by atoms with Crippen molar-refractivity contribution < 1.29 is 9.32 Å². The number of amides is 1. The molecule has 6 nitrogen and oxygen atoms in total. The number of nitrogens with zero attached hydrogens (tertiary/aromatic N) is 4. The molecule has 0 unspecified atom stereocenters. The van der Waals surface area contributed by atoms with Gasteiger partial charge in [-0.15, -0.1) is 0 Å². The monoisotopic (exact) mass is 468 g/mol. The van der Waals surface area contributed by atoms with Crippen LogP contribution in [0.4, 0.5) is 0 Å². The summed E-state index contributed by atoms with van der Waals surface area (Å²) in [5, 5.41) is 4.10. The molecule has 1 saturated heterocycles. The molecule has 0 aliphatic carbocycles. The Morgan fingerprint density at radius 2 is 1.80 bits per heavy atom. The molecule has 1 aliphatic heterocycles. The number of hydrogen-bond acceptors (Lipinski definition) is 5. The molecule has 1 fully saturated rings. The average Bonchev–Trinajstić information content (AvgIpc) is 3.23. The molecule has 0 saturated carbocycles. The molecule has 156 valence electrons. The van der Waals surface area contributed by atoms with Crippen LogP contribution in [0.15, 0.2) is 57.5 Å². The molecule has 0 spiro atoms. The number of aryl methyl sites for hydroxylation is 2. The van der Waals surface area contributed by atoms with E-state index in [0.717, 1.165) is 61.2 Å². The summed E-state index contributed by atoms with van der Waals surface area (Å²) in [6.45, 7) is 6.28. The van der Waals surface area contributed by atoms with Gasteiger partial charge in [-0.25, -0.2) is 0 Å². The van der Waals surface area contributed by atoms with Crippen molar-refractivity contribution in [1.82, 2.24) is 19.9 Å². The maximum Gasteiger partial charge on any atom is 0.255 e. The van der Waals surface area contributed by atoms with E-state index in [1.54, 1.807) is 0 Å². The summed E-state index contributed by atoms with van der Waals surface area (Å²) in [6.07, 6.45) is 1.71. The zero-order valence-electron chi connectivity index (χ0n) is 17.1. The third kappa shape index (κ3) is 4.96. The van der Waals surface area contributed by atoms with Crippen LogP contribution < -0.4 is 0 Å². The molecular formula is C23H25BrN4O2. The molecule has 0 atom stereocenters. The second-order valence-corrected chi connectivity index (χ2v) is 8.45. The Balaban J connectivity index is 1.22. The van der Waals surface area contributed by atoms with Crippen molar-refractivity contribution in [3.05, 3.63) is 70.0 Å². The van der Waals surface area contributed by atoms with Crippen molar-refractivity contribution in [2.24, 2.45) is 0 Å². The Bertz CT molecular complexity index is 994. The Hall–Kier alpha value is -2.51. The van der Waals surface area contributed by atoms with Gasteiger partial charge in [0.2, 0.25) is 11.7 Å². The summed E-state index contributed by atoms with van der Waals surface area (Å²) in [5.74, 6) is 1.41. The van der Waals surface area contributed by atoms with Crippen LogP contribution in [0.25, 0.3) is 11.4 Å². The summed E-state index contributed by atoms with van der Waals surface area (Å²) >= 11 is 3.47. The molecule has 1 aromatic heterocycles. The quantitative estimate of drug-likeness (QED) is 0.542. The predicted molar refractivity (Wildman–Crippen MR) is 119 cm³/mol. The number of carbonyl (C=O) groups excluding carboxylic acids is 1. The van der Waals surface area contributed by atoms with Crippen molar-refractivity contribution in [3.8, 4) is 11.4 Å². The molecule has 1 aliphatic rings.